The summed E-state index contributed by atoms with van der Waals surface area (Å²) < 4.78 is 52.9. The highest BCUT2D eigenvalue weighted by atomic mass is 35.5. The minimum absolute atomic E-state index is 0.0294. The molecule has 0 spiro atoms. The first kappa shape index (κ1) is 26.1. The van der Waals surface area contributed by atoms with Crippen molar-refractivity contribution < 1.29 is 27.4 Å². The largest absolute Gasteiger partial charge is 0.495 e. The molecule has 0 amide bonds. The molecule has 2 aromatic carbocycles. The first-order valence-electron chi connectivity index (χ1n) is 10.0. The number of anilines is 2. The number of methoxy groups -OCH3 is 2. The first-order valence-corrected chi connectivity index (χ1v) is 10.8. The number of hydrogen-bond donors (Lipinski definition) is 1. The Bertz CT molecular complexity index is 1280. The zero-order valence-corrected chi connectivity index (χ0v) is 20.1. The minimum Gasteiger partial charge on any atom is -0.495 e. The van der Waals surface area contributed by atoms with Crippen LogP contribution in [0.15, 0.2) is 49.2 Å². The first-order chi connectivity index (χ1) is 16.7. The maximum Gasteiger partial charge on any atom is 0.160 e. The summed E-state index contributed by atoms with van der Waals surface area (Å²) in [4.78, 5) is 15.9. The lowest BCUT2D eigenvalue weighted by molar-refractivity contribution is -0.114. The van der Waals surface area contributed by atoms with E-state index in [0.717, 1.165) is 24.3 Å². The van der Waals surface area contributed by atoms with Gasteiger partial charge in [0, 0.05) is 30.4 Å². The Morgan fingerprint density at radius 3 is 2.26 bits per heavy atom. The van der Waals surface area contributed by atoms with Crippen molar-refractivity contribution in [1.29, 1.82) is 0 Å². The molecule has 0 aliphatic heterocycles. The molecule has 0 bridgehead atoms. The third-order valence-electron chi connectivity index (χ3n) is 4.89. The number of halogens is 5. The molecular formula is C25H19Cl2F3N2O3. The number of benzene rings is 2. The molecule has 0 saturated heterocycles. The van der Waals surface area contributed by atoms with Gasteiger partial charge in [-0.15, -0.1) is 0 Å². The summed E-state index contributed by atoms with van der Waals surface area (Å²) in [5, 5.41) is 2.78. The van der Waals surface area contributed by atoms with Crippen LogP contribution in [0.1, 0.15) is 16.7 Å². The highest BCUT2D eigenvalue weighted by molar-refractivity contribution is 6.39. The molecule has 35 heavy (non-hydrogen) atoms. The van der Waals surface area contributed by atoms with Gasteiger partial charge in [-0.1, -0.05) is 29.8 Å². The van der Waals surface area contributed by atoms with Gasteiger partial charge < -0.3 is 14.8 Å². The number of ether oxygens (including phenoxy) is 2. The van der Waals surface area contributed by atoms with Crippen molar-refractivity contribution in [2.75, 3.05) is 19.5 Å². The third-order valence-corrected chi connectivity index (χ3v) is 5.64. The van der Waals surface area contributed by atoms with Gasteiger partial charge in [-0.25, -0.2) is 18.2 Å². The van der Waals surface area contributed by atoms with Crippen LogP contribution in [0.2, 0.25) is 10.0 Å². The topological polar surface area (TPSA) is 60.5 Å². The zero-order chi connectivity index (χ0) is 25.7. The molecule has 10 heteroatoms. The van der Waals surface area contributed by atoms with Gasteiger partial charge in [-0.2, -0.15) is 0 Å². The summed E-state index contributed by atoms with van der Waals surface area (Å²) in [6.45, 7) is 3.38. The number of aromatic nitrogens is 1. The zero-order valence-electron chi connectivity index (χ0n) is 18.6. The van der Waals surface area contributed by atoms with E-state index in [2.05, 4.69) is 16.9 Å². The van der Waals surface area contributed by atoms with E-state index in [-0.39, 0.29) is 56.4 Å². The van der Waals surface area contributed by atoms with Gasteiger partial charge in [0.2, 0.25) is 0 Å². The summed E-state index contributed by atoms with van der Waals surface area (Å²) in [6.07, 6.45) is 3.42. The third kappa shape index (κ3) is 5.96. The van der Waals surface area contributed by atoms with E-state index in [4.69, 9.17) is 32.7 Å². The fourth-order valence-electron chi connectivity index (χ4n) is 3.13. The maximum absolute atomic E-state index is 15.1. The van der Waals surface area contributed by atoms with Crippen LogP contribution < -0.4 is 14.8 Å². The average molecular weight is 523 g/mol. The molecule has 1 N–H and O–H groups in total. The van der Waals surface area contributed by atoms with Crippen molar-refractivity contribution >= 4 is 52.4 Å². The summed E-state index contributed by atoms with van der Waals surface area (Å²) in [6, 6.07) is 6.33. The summed E-state index contributed by atoms with van der Waals surface area (Å²) >= 11 is 12.5. The molecule has 1 heterocycles. The Morgan fingerprint density at radius 1 is 1.09 bits per heavy atom. The maximum atomic E-state index is 15.1. The number of carbonyl (C=O) groups excluding carboxylic acids is 1. The predicted octanol–water partition coefficient (Wildman–Crippen LogP) is 7.19. The summed E-state index contributed by atoms with van der Waals surface area (Å²) in [7, 11) is 2.75. The fourth-order valence-corrected chi connectivity index (χ4v) is 3.81. The second-order valence-corrected chi connectivity index (χ2v) is 7.90. The molecule has 0 unspecified atom stereocenters. The lowest BCUT2D eigenvalue weighted by atomic mass is 10.1. The van der Waals surface area contributed by atoms with Gasteiger partial charge in [-0.05, 0) is 41.5 Å². The van der Waals surface area contributed by atoms with Crippen LogP contribution >= 0.6 is 23.2 Å². The smallest absolute Gasteiger partial charge is 0.160 e. The van der Waals surface area contributed by atoms with Crippen molar-refractivity contribution in [2.24, 2.45) is 0 Å². The Balaban J connectivity index is 1.91. The molecule has 182 valence electrons. The Labute approximate surface area is 209 Å². The van der Waals surface area contributed by atoms with Gasteiger partial charge in [0.05, 0.1) is 29.8 Å². The highest BCUT2D eigenvalue weighted by Gasteiger charge is 2.20. The SMILES string of the molecule is C=CC(=O)Cc1cc(F)c(F)cc1Nc1ccc(/C=C(\F)c2c(Cl)c(OC)cc(OC)c2Cl)cn1. The Morgan fingerprint density at radius 2 is 1.71 bits per heavy atom. The van der Waals surface area contributed by atoms with Crippen molar-refractivity contribution in [3.63, 3.8) is 0 Å². The van der Waals surface area contributed by atoms with Gasteiger partial charge in [0.1, 0.15) is 23.1 Å². The monoisotopic (exact) mass is 522 g/mol. The van der Waals surface area contributed by atoms with Gasteiger partial charge in [-0.3, -0.25) is 4.79 Å². The van der Waals surface area contributed by atoms with E-state index in [0.29, 0.717) is 5.56 Å². The summed E-state index contributed by atoms with van der Waals surface area (Å²) in [5.41, 5.74) is 0.629. The van der Waals surface area contributed by atoms with Gasteiger partial charge >= 0.3 is 0 Å². The van der Waals surface area contributed by atoms with Crippen LogP contribution in [0, 0.1) is 11.6 Å². The number of carbonyl (C=O) groups is 1. The molecule has 0 atom stereocenters. The minimum atomic E-state index is -1.09. The number of nitrogens with zero attached hydrogens (tertiary/aromatic N) is 1. The molecular weight excluding hydrogens is 504 g/mol. The molecule has 0 radical (unpaired) electrons. The van der Waals surface area contributed by atoms with E-state index in [1.54, 1.807) is 0 Å². The fraction of sp³-hybridized carbons (Fsp3) is 0.120. The number of nitrogens with one attached hydrogen (secondary N) is 1. The predicted molar refractivity (Wildman–Crippen MR) is 131 cm³/mol. The molecule has 5 nitrogen and oxygen atoms in total. The number of pyridine rings is 1. The van der Waals surface area contributed by atoms with Crippen molar-refractivity contribution in [3.05, 3.63) is 87.6 Å². The molecule has 3 rings (SSSR count). The lowest BCUT2D eigenvalue weighted by Gasteiger charge is -2.13. The van der Waals surface area contributed by atoms with Crippen LogP contribution in [-0.4, -0.2) is 25.0 Å². The Hall–Kier alpha value is -3.49. The normalized spacial score (nSPS) is 11.2. The molecule has 0 fully saturated rings. The number of ketones is 1. The molecule has 3 aromatic rings. The standard InChI is InChI=1S/C25H19Cl2F3N2O3/c1-4-15(33)8-14-9-16(28)17(29)10-19(14)32-22-6-5-13(12-31-22)7-18(30)23-24(26)20(34-2)11-21(35-3)25(23)27/h4-7,9-12H,1,8H2,2-3H3,(H,31,32)/b18-7-. The van der Waals surface area contributed by atoms with Crippen LogP contribution in [0.5, 0.6) is 11.5 Å². The van der Waals surface area contributed by atoms with Crippen LogP contribution in [0.25, 0.3) is 11.9 Å². The van der Waals surface area contributed by atoms with Crippen molar-refractivity contribution in [2.45, 2.75) is 6.42 Å². The van der Waals surface area contributed by atoms with E-state index < -0.39 is 17.5 Å². The highest BCUT2D eigenvalue weighted by Crippen LogP contribution is 2.44. The number of hydrogen-bond acceptors (Lipinski definition) is 5. The second kappa shape index (κ2) is 11.3. The van der Waals surface area contributed by atoms with E-state index in [1.807, 2.05) is 0 Å². The lowest BCUT2D eigenvalue weighted by Crippen LogP contribution is -2.05. The molecule has 0 saturated carbocycles. The summed E-state index contributed by atoms with van der Waals surface area (Å²) in [5.74, 6) is -2.69. The van der Waals surface area contributed by atoms with Crippen LogP contribution in [-0.2, 0) is 11.2 Å². The van der Waals surface area contributed by atoms with Crippen molar-refractivity contribution in [3.8, 4) is 11.5 Å². The van der Waals surface area contributed by atoms with Crippen LogP contribution in [0.3, 0.4) is 0 Å². The van der Waals surface area contributed by atoms with Gasteiger partial charge in [0.15, 0.2) is 17.4 Å². The molecule has 0 aliphatic rings. The quantitative estimate of drug-likeness (QED) is 0.301. The number of allylic oxidation sites excluding steroid dienone is 1. The average Bonchev–Trinajstić information content (AvgIpc) is 2.83. The van der Waals surface area contributed by atoms with E-state index in [9.17, 15) is 13.6 Å². The second-order valence-electron chi connectivity index (χ2n) is 7.15. The van der Waals surface area contributed by atoms with Crippen molar-refractivity contribution in [1.82, 2.24) is 4.98 Å². The van der Waals surface area contributed by atoms with E-state index >= 15 is 4.39 Å². The Kier molecular flexibility index (Phi) is 8.43. The van der Waals surface area contributed by atoms with Crippen LogP contribution in [0.4, 0.5) is 24.7 Å². The van der Waals surface area contributed by atoms with E-state index in [1.165, 1.54) is 38.6 Å². The molecule has 0 aliphatic carbocycles. The van der Waals surface area contributed by atoms with Gasteiger partial charge in [0.25, 0.3) is 0 Å². The molecule has 1 aromatic heterocycles. The number of rotatable bonds is 9.